The van der Waals surface area contributed by atoms with Crippen molar-refractivity contribution in [1.29, 1.82) is 0 Å². The number of aliphatic hydroxyl groups excluding tert-OH is 2. The number of ether oxygens (including phenoxy) is 2. The third kappa shape index (κ3) is 32.7. The second kappa shape index (κ2) is 37.6. The molecule has 0 aliphatic carbocycles. The van der Waals surface area contributed by atoms with E-state index in [4.69, 9.17) is 14.6 Å². The van der Waals surface area contributed by atoms with Crippen molar-refractivity contribution in [3.63, 3.8) is 0 Å². The summed E-state index contributed by atoms with van der Waals surface area (Å²) in [5.74, 6) is -0.101. The van der Waals surface area contributed by atoms with E-state index in [-0.39, 0.29) is 36.9 Å². The van der Waals surface area contributed by atoms with Crippen molar-refractivity contribution in [3.8, 4) is 0 Å². The number of esters is 2. The van der Waals surface area contributed by atoms with Gasteiger partial charge in [-0.25, -0.2) is 0 Å². The maximum absolute atomic E-state index is 12.4. The highest BCUT2D eigenvalue weighted by Crippen LogP contribution is 2.17. The molecule has 2 N–H and O–H groups in total. The van der Waals surface area contributed by atoms with E-state index in [9.17, 15) is 14.7 Å². The number of carbonyl (C=O) groups is 2. The van der Waals surface area contributed by atoms with Gasteiger partial charge < -0.3 is 24.6 Å². The molecule has 0 rings (SSSR count). The first kappa shape index (κ1) is 48.8. The Kier molecular flexibility index (Phi) is 36.7. The Labute approximate surface area is 310 Å². The summed E-state index contributed by atoms with van der Waals surface area (Å²) in [6.45, 7) is 11.5. The van der Waals surface area contributed by atoms with Crippen molar-refractivity contribution >= 4 is 11.9 Å². The van der Waals surface area contributed by atoms with Crippen molar-refractivity contribution in [2.75, 3.05) is 26.2 Å². The lowest BCUT2D eigenvalue weighted by Crippen LogP contribution is -2.34. The fourth-order valence-electron chi connectivity index (χ4n) is 6.76. The molecular weight excluding hydrogens is 626 g/mol. The van der Waals surface area contributed by atoms with Crippen molar-refractivity contribution < 1.29 is 29.3 Å². The van der Waals surface area contributed by atoms with Gasteiger partial charge in [0.2, 0.25) is 0 Å². The van der Waals surface area contributed by atoms with E-state index in [1.165, 1.54) is 64.2 Å². The summed E-state index contributed by atoms with van der Waals surface area (Å²) in [5, 5.41) is 20.0. The molecule has 0 saturated carbocycles. The van der Waals surface area contributed by atoms with E-state index >= 15 is 0 Å². The minimum Gasteiger partial charge on any atom is -0.462 e. The maximum Gasteiger partial charge on any atom is 0.306 e. The zero-order valence-corrected chi connectivity index (χ0v) is 33.7. The number of aliphatic hydroxyl groups is 2. The highest BCUT2D eigenvalue weighted by Gasteiger charge is 2.15. The SMILES string of the molecule is CCCCCCCCC(CC)OC(=O)CCCCCCCN(CCCCCO)CC(O)CCCCCC(=O)OC(CC)CCCCCCCC. The molecule has 0 aliphatic heterocycles. The average Bonchev–Trinajstić information content (AvgIpc) is 3.11. The van der Waals surface area contributed by atoms with Gasteiger partial charge in [0.05, 0.1) is 6.10 Å². The molecule has 0 aromatic rings. The molecule has 0 aromatic carbocycles. The molecule has 298 valence electrons. The Balaban J connectivity index is 4.18. The van der Waals surface area contributed by atoms with Crippen molar-refractivity contribution in [2.24, 2.45) is 0 Å². The van der Waals surface area contributed by atoms with Gasteiger partial charge in [-0.2, -0.15) is 0 Å². The van der Waals surface area contributed by atoms with E-state index in [0.29, 0.717) is 19.4 Å². The van der Waals surface area contributed by atoms with Gasteiger partial charge in [-0.15, -0.1) is 0 Å². The first-order valence-electron chi connectivity index (χ1n) is 21.8. The number of hydrogen-bond acceptors (Lipinski definition) is 7. The summed E-state index contributed by atoms with van der Waals surface area (Å²) in [7, 11) is 0. The average molecular weight is 712 g/mol. The summed E-state index contributed by atoms with van der Waals surface area (Å²) in [5.41, 5.74) is 0. The van der Waals surface area contributed by atoms with Gasteiger partial charge in [0.1, 0.15) is 12.2 Å². The lowest BCUT2D eigenvalue weighted by atomic mass is 10.1. The van der Waals surface area contributed by atoms with Crippen LogP contribution in [-0.4, -0.2) is 71.6 Å². The standard InChI is InChI=1S/C43H85NO6/c1-5-9-11-13-16-23-31-40(7-3)49-42(47)33-25-18-15-19-27-35-44(36-28-21-29-37-45)38-39(46)30-22-20-26-34-43(48)50-41(8-4)32-24-17-14-12-10-6-2/h39-41,45-46H,5-38H2,1-4H3. The van der Waals surface area contributed by atoms with Crippen molar-refractivity contribution in [3.05, 3.63) is 0 Å². The number of unbranched alkanes of at least 4 members (excludes halogenated alkanes) is 18. The van der Waals surface area contributed by atoms with Crippen LogP contribution in [0, 0.1) is 0 Å². The Bertz CT molecular complexity index is 734. The normalized spacial score (nSPS) is 13.4. The minimum absolute atomic E-state index is 0.0326. The maximum atomic E-state index is 12.4. The van der Waals surface area contributed by atoms with Crippen LogP contribution >= 0.6 is 0 Å². The minimum atomic E-state index is -0.361. The third-order valence-corrected chi connectivity index (χ3v) is 10.1. The van der Waals surface area contributed by atoms with E-state index in [2.05, 4.69) is 32.6 Å². The second-order valence-corrected chi connectivity index (χ2v) is 15.0. The van der Waals surface area contributed by atoms with Crippen molar-refractivity contribution in [2.45, 2.75) is 239 Å². The first-order valence-corrected chi connectivity index (χ1v) is 21.8. The van der Waals surface area contributed by atoms with Crippen LogP contribution in [0.15, 0.2) is 0 Å². The van der Waals surface area contributed by atoms with Crippen LogP contribution < -0.4 is 0 Å². The van der Waals surface area contributed by atoms with Crippen LogP contribution in [-0.2, 0) is 19.1 Å². The highest BCUT2D eigenvalue weighted by molar-refractivity contribution is 5.69. The highest BCUT2D eigenvalue weighted by atomic mass is 16.5. The Hall–Kier alpha value is -1.18. The molecule has 0 aliphatic rings. The third-order valence-electron chi connectivity index (χ3n) is 10.1. The first-order chi connectivity index (χ1) is 24.4. The molecule has 0 amide bonds. The molecule has 0 saturated heterocycles. The lowest BCUT2D eigenvalue weighted by molar-refractivity contribution is -0.150. The Morgan fingerprint density at radius 3 is 1.34 bits per heavy atom. The van der Waals surface area contributed by atoms with E-state index in [1.807, 2.05) is 0 Å². The molecule has 0 aromatic heterocycles. The largest absolute Gasteiger partial charge is 0.462 e. The number of rotatable bonds is 39. The Morgan fingerprint density at radius 2 is 0.880 bits per heavy atom. The molecule has 7 heteroatoms. The fourth-order valence-corrected chi connectivity index (χ4v) is 6.76. The number of carbonyl (C=O) groups excluding carboxylic acids is 2. The van der Waals surface area contributed by atoms with Crippen molar-refractivity contribution in [1.82, 2.24) is 4.90 Å². The fraction of sp³-hybridized carbons (Fsp3) is 0.953. The summed E-state index contributed by atoms with van der Waals surface area (Å²) < 4.78 is 11.5. The monoisotopic (exact) mass is 712 g/mol. The smallest absolute Gasteiger partial charge is 0.306 e. The summed E-state index contributed by atoms with van der Waals surface area (Å²) in [6, 6.07) is 0. The molecular formula is C43H85NO6. The molecule has 0 spiro atoms. The predicted octanol–water partition coefficient (Wildman–Crippen LogP) is 11.2. The van der Waals surface area contributed by atoms with E-state index in [0.717, 1.165) is 129 Å². The molecule has 3 atom stereocenters. The van der Waals surface area contributed by atoms with Crippen LogP contribution in [0.5, 0.6) is 0 Å². The molecule has 7 nitrogen and oxygen atoms in total. The number of hydrogen-bond donors (Lipinski definition) is 2. The van der Waals surface area contributed by atoms with Gasteiger partial charge in [0.15, 0.2) is 0 Å². The molecule has 0 radical (unpaired) electrons. The second-order valence-electron chi connectivity index (χ2n) is 15.0. The van der Waals surface area contributed by atoms with Gasteiger partial charge in [0.25, 0.3) is 0 Å². The van der Waals surface area contributed by atoms with E-state index < -0.39 is 0 Å². The molecule has 0 fully saturated rings. The van der Waals surface area contributed by atoms with Crippen LogP contribution in [0.25, 0.3) is 0 Å². The summed E-state index contributed by atoms with van der Waals surface area (Å²) in [4.78, 5) is 27.2. The molecule has 50 heavy (non-hydrogen) atoms. The van der Waals surface area contributed by atoms with Gasteiger partial charge in [-0.3, -0.25) is 9.59 Å². The van der Waals surface area contributed by atoms with Crippen LogP contribution in [0.1, 0.15) is 220 Å². The zero-order chi connectivity index (χ0) is 36.9. The predicted molar refractivity (Wildman–Crippen MR) is 210 cm³/mol. The van der Waals surface area contributed by atoms with Crippen LogP contribution in [0.3, 0.4) is 0 Å². The molecule has 0 bridgehead atoms. The van der Waals surface area contributed by atoms with Gasteiger partial charge in [-0.1, -0.05) is 124 Å². The number of nitrogens with zero attached hydrogens (tertiary/aromatic N) is 1. The van der Waals surface area contributed by atoms with Gasteiger partial charge in [-0.05, 0) is 96.6 Å². The summed E-state index contributed by atoms with van der Waals surface area (Å²) in [6.07, 6.45) is 31.3. The van der Waals surface area contributed by atoms with Crippen LogP contribution in [0.2, 0.25) is 0 Å². The van der Waals surface area contributed by atoms with Gasteiger partial charge in [0, 0.05) is 26.0 Å². The topological polar surface area (TPSA) is 96.3 Å². The van der Waals surface area contributed by atoms with Gasteiger partial charge >= 0.3 is 11.9 Å². The van der Waals surface area contributed by atoms with Crippen LogP contribution in [0.4, 0.5) is 0 Å². The molecule has 0 heterocycles. The Morgan fingerprint density at radius 1 is 0.500 bits per heavy atom. The molecule has 3 unspecified atom stereocenters. The lowest BCUT2D eigenvalue weighted by Gasteiger charge is -2.25. The quantitative estimate of drug-likeness (QED) is 0.0484. The summed E-state index contributed by atoms with van der Waals surface area (Å²) >= 11 is 0. The van der Waals surface area contributed by atoms with E-state index in [1.54, 1.807) is 0 Å². The zero-order valence-electron chi connectivity index (χ0n) is 33.7.